The zero-order chi connectivity index (χ0) is 18.6. The first-order chi connectivity index (χ1) is 11.7. The number of nitrogens with one attached hydrogen (secondary N) is 1. The Balaban J connectivity index is 2.09. The van der Waals surface area contributed by atoms with Crippen LogP contribution in [0.2, 0.25) is 0 Å². The molecule has 134 valence electrons. The summed E-state index contributed by atoms with van der Waals surface area (Å²) in [4.78, 5) is 24.8. The first-order valence-electron chi connectivity index (χ1n) is 7.64. The van der Waals surface area contributed by atoms with Crippen LogP contribution in [0.5, 0.6) is 0 Å². The molecule has 0 atom stereocenters. The standard InChI is InChI=1S/C17H21N3O4S/c1-19(2)17(22)11-18-16(21)12-20(3)25(23,24)15-9-8-13-6-4-5-7-14(13)10-15/h4-10H,11-12H2,1-3H3,(H,18,21). The topological polar surface area (TPSA) is 86.8 Å². The van der Waals surface area contributed by atoms with Gasteiger partial charge in [0, 0.05) is 21.1 Å². The molecule has 0 saturated carbocycles. The quantitative estimate of drug-likeness (QED) is 0.817. The minimum absolute atomic E-state index is 0.117. The van der Waals surface area contributed by atoms with Crippen LogP contribution in [0.15, 0.2) is 47.4 Å². The van der Waals surface area contributed by atoms with Crippen molar-refractivity contribution in [3.8, 4) is 0 Å². The van der Waals surface area contributed by atoms with E-state index in [1.807, 2.05) is 24.3 Å². The molecule has 2 rings (SSSR count). The number of fused-ring (bicyclic) bond motifs is 1. The van der Waals surface area contributed by atoms with Crippen LogP contribution in [-0.2, 0) is 19.6 Å². The van der Waals surface area contributed by atoms with Crippen molar-refractivity contribution in [3.05, 3.63) is 42.5 Å². The highest BCUT2D eigenvalue weighted by molar-refractivity contribution is 7.89. The molecule has 0 saturated heterocycles. The van der Waals surface area contributed by atoms with E-state index in [-0.39, 0.29) is 23.9 Å². The molecular weight excluding hydrogens is 342 g/mol. The van der Waals surface area contributed by atoms with Gasteiger partial charge in [-0.2, -0.15) is 4.31 Å². The molecule has 0 fully saturated rings. The molecule has 8 heteroatoms. The second-order valence-corrected chi connectivity index (χ2v) is 7.88. The second-order valence-electron chi connectivity index (χ2n) is 5.83. The van der Waals surface area contributed by atoms with Crippen LogP contribution in [0.4, 0.5) is 0 Å². The third kappa shape index (κ3) is 4.55. The van der Waals surface area contributed by atoms with Crippen LogP contribution in [0, 0.1) is 0 Å². The maximum atomic E-state index is 12.6. The Hall–Kier alpha value is -2.45. The van der Waals surface area contributed by atoms with Gasteiger partial charge >= 0.3 is 0 Å². The Morgan fingerprint density at radius 1 is 1.00 bits per heavy atom. The van der Waals surface area contributed by atoms with Crippen LogP contribution in [0.25, 0.3) is 10.8 Å². The van der Waals surface area contributed by atoms with Crippen molar-refractivity contribution in [2.75, 3.05) is 34.2 Å². The summed E-state index contributed by atoms with van der Waals surface area (Å²) in [6.07, 6.45) is 0. The lowest BCUT2D eigenvalue weighted by Gasteiger charge is -2.17. The second kappa shape index (κ2) is 7.62. The third-order valence-corrected chi connectivity index (χ3v) is 5.53. The molecule has 2 aromatic rings. The molecule has 0 spiro atoms. The van der Waals surface area contributed by atoms with Gasteiger partial charge in [0.25, 0.3) is 0 Å². The van der Waals surface area contributed by atoms with E-state index in [1.54, 1.807) is 26.2 Å². The number of hydrogen-bond donors (Lipinski definition) is 1. The molecule has 0 heterocycles. The number of hydrogen-bond acceptors (Lipinski definition) is 4. The SMILES string of the molecule is CN(C)C(=O)CNC(=O)CN(C)S(=O)(=O)c1ccc2ccccc2c1. The van der Waals surface area contributed by atoms with Crippen LogP contribution in [0.1, 0.15) is 0 Å². The molecule has 7 nitrogen and oxygen atoms in total. The lowest BCUT2D eigenvalue weighted by Crippen LogP contribution is -2.42. The molecule has 0 radical (unpaired) electrons. The lowest BCUT2D eigenvalue weighted by atomic mass is 10.1. The Bertz CT molecular complexity index is 894. The predicted octanol–water partition coefficient (Wildman–Crippen LogP) is 0.665. The molecule has 25 heavy (non-hydrogen) atoms. The van der Waals surface area contributed by atoms with Gasteiger partial charge in [-0.15, -0.1) is 0 Å². The Morgan fingerprint density at radius 3 is 2.28 bits per heavy atom. The molecular formula is C17H21N3O4S. The summed E-state index contributed by atoms with van der Waals surface area (Å²) in [5.41, 5.74) is 0. The van der Waals surface area contributed by atoms with Crippen LogP contribution in [0.3, 0.4) is 0 Å². The summed E-state index contributed by atoms with van der Waals surface area (Å²) < 4.78 is 26.2. The highest BCUT2D eigenvalue weighted by Gasteiger charge is 2.23. The summed E-state index contributed by atoms with van der Waals surface area (Å²) in [5.74, 6) is -0.810. The highest BCUT2D eigenvalue weighted by atomic mass is 32.2. The Kier molecular flexibility index (Phi) is 5.76. The average Bonchev–Trinajstić information content (AvgIpc) is 2.58. The number of sulfonamides is 1. The summed E-state index contributed by atoms with van der Waals surface area (Å²) >= 11 is 0. The van der Waals surface area contributed by atoms with Crippen LogP contribution < -0.4 is 5.32 Å². The van der Waals surface area contributed by atoms with E-state index in [0.717, 1.165) is 15.1 Å². The molecule has 1 N–H and O–H groups in total. The van der Waals surface area contributed by atoms with Gasteiger partial charge in [0.05, 0.1) is 18.0 Å². The van der Waals surface area contributed by atoms with E-state index in [1.165, 1.54) is 18.0 Å². The first-order valence-corrected chi connectivity index (χ1v) is 9.08. The van der Waals surface area contributed by atoms with Gasteiger partial charge in [0.1, 0.15) is 0 Å². The van der Waals surface area contributed by atoms with Crippen molar-refractivity contribution in [2.24, 2.45) is 0 Å². The van der Waals surface area contributed by atoms with Crippen molar-refractivity contribution < 1.29 is 18.0 Å². The van der Waals surface area contributed by atoms with Gasteiger partial charge in [-0.25, -0.2) is 8.42 Å². The molecule has 0 aliphatic rings. The Labute approximate surface area is 147 Å². The van der Waals surface area contributed by atoms with Crippen LogP contribution >= 0.6 is 0 Å². The fourth-order valence-corrected chi connectivity index (χ4v) is 3.35. The van der Waals surface area contributed by atoms with E-state index >= 15 is 0 Å². The van der Waals surface area contributed by atoms with Gasteiger partial charge in [-0.1, -0.05) is 30.3 Å². The number of amides is 2. The smallest absolute Gasteiger partial charge is 0.243 e. The fraction of sp³-hybridized carbons (Fsp3) is 0.294. The number of carbonyl (C=O) groups is 2. The van der Waals surface area contributed by atoms with Gasteiger partial charge in [0.2, 0.25) is 21.8 Å². The van der Waals surface area contributed by atoms with Gasteiger partial charge in [-0.3, -0.25) is 9.59 Å². The fourth-order valence-electron chi connectivity index (χ4n) is 2.18. The van der Waals surface area contributed by atoms with Crippen LogP contribution in [-0.4, -0.2) is 63.7 Å². The van der Waals surface area contributed by atoms with E-state index in [9.17, 15) is 18.0 Å². The van der Waals surface area contributed by atoms with E-state index in [4.69, 9.17) is 0 Å². The highest BCUT2D eigenvalue weighted by Crippen LogP contribution is 2.21. The number of rotatable bonds is 6. The summed E-state index contributed by atoms with van der Waals surface area (Å²) in [5, 5.41) is 4.15. The third-order valence-electron chi connectivity index (χ3n) is 3.73. The van der Waals surface area contributed by atoms with Crippen molar-refractivity contribution in [2.45, 2.75) is 4.90 Å². The molecule has 0 aliphatic carbocycles. The number of likely N-dealkylation sites (N-methyl/N-ethyl adjacent to an activating group) is 2. The molecule has 0 bridgehead atoms. The van der Waals surface area contributed by atoms with E-state index in [0.29, 0.717) is 0 Å². The van der Waals surface area contributed by atoms with Gasteiger partial charge < -0.3 is 10.2 Å². The maximum Gasteiger partial charge on any atom is 0.243 e. The lowest BCUT2D eigenvalue weighted by molar-refractivity contribution is -0.130. The summed E-state index contributed by atoms with van der Waals surface area (Å²) in [6.45, 7) is -0.536. The van der Waals surface area contributed by atoms with Crippen molar-refractivity contribution in [3.63, 3.8) is 0 Å². The number of nitrogens with zero attached hydrogens (tertiary/aromatic N) is 2. The number of carbonyl (C=O) groups excluding carboxylic acids is 2. The molecule has 2 amide bonds. The minimum Gasteiger partial charge on any atom is -0.347 e. The normalized spacial score (nSPS) is 11.5. The zero-order valence-corrected chi connectivity index (χ0v) is 15.2. The molecule has 0 aliphatic heterocycles. The predicted molar refractivity (Wildman–Crippen MR) is 95.5 cm³/mol. The average molecular weight is 363 g/mol. The van der Waals surface area contributed by atoms with Crippen molar-refractivity contribution >= 4 is 32.6 Å². The van der Waals surface area contributed by atoms with E-state index < -0.39 is 15.9 Å². The zero-order valence-electron chi connectivity index (χ0n) is 14.4. The molecule has 0 aromatic heterocycles. The van der Waals surface area contributed by atoms with Gasteiger partial charge in [-0.05, 0) is 22.9 Å². The summed E-state index contributed by atoms with van der Waals surface area (Å²) in [7, 11) is 0.676. The Morgan fingerprint density at radius 2 is 1.64 bits per heavy atom. The van der Waals surface area contributed by atoms with Crippen molar-refractivity contribution in [1.82, 2.24) is 14.5 Å². The minimum atomic E-state index is -3.80. The van der Waals surface area contributed by atoms with Crippen molar-refractivity contribution in [1.29, 1.82) is 0 Å². The summed E-state index contributed by atoms with van der Waals surface area (Å²) in [6, 6.07) is 12.3. The molecule has 0 unspecified atom stereocenters. The first kappa shape index (κ1) is 18.9. The molecule has 2 aromatic carbocycles. The number of benzene rings is 2. The largest absolute Gasteiger partial charge is 0.347 e. The van der Waals surface area contributed by atoms with E-state index in [2.05, 4.69) is 5.32 Å². The monoisotopic (exact) mass is 363 g/mol. The maximum absolute atomic E-state index is 12.6. The van der Waals surface area contributed by atoms with Gasteiger partial charge in [0.15, 0.2) is 0 Å².